The fourth-order valence-electron chi connectivity index (χ4n) is 3.81. The molecule has 0 aliphatic rings. The number of alkyl halides is 3. The number of hydrogen-bond acceptors (Lipinski definition) is 4. The minimum absolute atomic E-state index is 0.353. The Balaban J connectivity index is 1.61. The molecule has 0 unspecified atom stereocenters. The van der Waals surface area contributed by atoms with Crippen LogP contribution in [0.2, 0.25) is 5.02 Å². The summed E-state index contributed by atoms with van der Waals surface area (Å²) in [5.74, 6) is -0.843. The van der Waals surface area contributed by atoms with Gasteiger partial charge in [-0.1, -0.05) is 60.1 Å². The molecule has 0 atom stereocenters. The molecular weight excluding hydrogens is 515 g/mol. The molecule has 4 aromatic rings. The maximum absolute atomic E-state index is 13.3. The topological polar surface area (TPSA) is 78.8 Å². The molecule has 36 heavy (non-hydrogen) atoms. The van der Waals surface area contributed by atoms with Crippen molar-refractivity contribution in [3.05, 3.63) is 88.9 Å². The molecule has 0 aliphatic carbocycles. The van der Waals surface area contributed by atoms with Crippen molar-refractivity contribution in [2.45, 2.75) is 6.18 Å². The summed E-state index contributed by atoms with van der Waals surface area (Å²) in [4.78, 5) is 12.6. The van der Waals surface area contributed by atoms with Crippen LogP contribution < -0.4 is 9.73 Å². The van der Waals surface area contributed by atoms with Gasteiger partial charge >= 0.3 is 6.18 Å². The predicted octanol–water partition coefficient (Wildman–Crippen LogP) is 5.58. The summed E-state index contributed by atoms with van der Waals surface area (Å²) in [7, 11) is -4.11. The number of amides is 1. The SMILES string of the molecule is CS(=O)(=O)N(CC(=O)NN=Cc1c2ccccc2cc2ccccc12)c1ccc(Cl)c(C(F)(F)F)c1. The number of anilines is 1. The second-order valence-electron chi connectivity index (χ2n) is 7.96. The van der Waals surface area contributed by atoms with Crippen LogP contribution in [0, 0.1) is 0 Å². The summed E-state index contributed by atoms with van der Waals surface area (Å²) in [6.45, 7) is -0.786. The molecule has 1 N–H and O–H groups in total. The van der Waals surface area contributed by atoms with Crippen molar-refractivity contribution in [2.75, 3.05) is 17.1 Å². The number of rotatable bonds is 6. The number of nitrogens with one attached hydrogen (secondary N) is 1. The minimum Gasteiger partial charge on any atom is -0.271 e. The first-order valence-electron chi connectivity index (χ1n) is 10.5. The van der Waals surface area contributed by atoms with Crippen LogP contribution in [0.5, 0.6) is 0 Å². The molecule has 4 aromatic carbocycles. The van der Waals surface area contributed by atoms with Gasteiger partial charge in [-0.05, 0) is 45.8 Å². The third-order valence-electron chi connectivity index (χ3n) is 5.43. The van der Waals surface area contributed by atoms with Crippen LogP contribution in [0.3, 0.4) is 0 Å². The zero-order chi connectivity index (χ0) is 26.1. The van der Waals surface area contributed by atoms with Crippen molar-refractivity contribution in [3.8, 4) is 0 Å². The maximum atomic E-state index is 13.3. The summed E-state index contributed by atoms with van der Waals surface area (Å²) in [6, 6.07) is 19.9. The van der Waals surface area contributed by atoms with Gasteiger partial charge < -0.3 is 0 Å². The lowest BCUT2D eigenvalue weighted by Gasteiger charge is -2.22. The van der Waals surface area contributed by atoms with Crippen molar-refractivity contribution in [1.29, 1.82) is 0 Å². The zero-order valence-electron chi connectivity index (χ0n) is 18.8. The Morgan fingerprint density at radius 1 is 1.00 bits per heavy atom. The third-order valence-corrected chi connectivity index (χ3v) is 6.90. The van der Waals surface area contributed by atoms with Gasteiger partial charge in [-0.25, -0.2) is 13.8 Å². The number of carbonyl (C=O) groups excluding carboxylic acids is 1. The van der Waals surface area contributed by atoms with E-state index in [1.54, 1.807) is 0 Å². The first-order valence-corrected chi connectivity index (χ1v) is 12.7. The van der Waals surface area contributed by atoms with Gasteiger partial charge in [0.1, 0.15) is 6.54 Å². The first kappa shape index (κ1) is 25.5. The van der Waals surface area contributed by atoms with E-state index in [1.807, 2.05) is 54.6 Å². The zero-order valence-corrected chi connectivity index (χ0v) is 20.3. The minimum atomic E-state index is -4.80. The fourth-order valence-corrected chi connectivity index (χ4v) is 4.88. The quantitative estimate of drug-likeness (QED) is 0.200. The lowest BCUT2D eigenvalue weighted by molar-refractivity contribution is -0.137. The highest BCUT2D eigenvalue weighted by atomic mass is 35.5. The van der Waals surface area contributed by atoms with Crippen molar-refractivity contribution >= 4 is 61.0 Å². The fraction of sp³-hybridized carbons (Fsp3) is 0.120. The molecule has 0 fully saturated rings. The monoisotopic (exact) mass is 533 g/mol. The summed E-state index contributed by atoms with van der Waals surface area (Å²) in [5.41, 5.74) is 1.45. The number of fused-ring (bicyclic) bond motifs is 2. The van der Waals surface area contributed by atoms with Crippen LogP contribution in [-0.2, 0) is 21.0 Å². The highest BCUT2D eigenvalue weighted by Crippen LogP contribution is 2.37. The molecule has 0 aromatic heterocycles. The molecule has 0 spiro atoms. The highest BCUT2D eigenvalue weighted by Gasteiger charge is 2.34. The van der Waals surface area contributed by atoms with Crippen LogP contribution in [0.25, 0.3) is 21.5 Å². The van der Waals surface area contributed by atoms with Crippen LogP contribution in [-0.4, -0.2) is 33.3 Å². The number of nitrogens with zero attached hydrogens (tertiary/aromatic N) is 2. The largest absolute Gasteiger partial charge is 0.417 e. The molecule has 0 saturated carbocycles. The maximum Gasteiger partial charge on any atom is 0.417 e. The average Bonchev–Trinajstić information content (AvgIpc) is 2.81. The molecule has 4 rings (SSSR count). The molecule has 0 saturated heterocycles. The van der Waals surface area contributed by atoms with Crippen LogP contribution in [0.4, 0.5) is 18.9 Å². The van der Waals surface area contributed by atoms with E-state index in [2.05, 4.69) is 10.5 Å². The standard InChI is InChI=1S/C25H19ClF3N3O3S/c1-36(34,35)32(18-10-11-23(26)22(13-18)25(27,28)29)15-24(33)31-30-14-21-19-8-4-2-6-16(19)12-17-7-3-5-9-20(17)21/h2-14H,15H2,1H3,(H,31,33). The lowest BCUT2D eigenvalue weighted by Crippen LogP contribution is -2.39. The Kier molecular flexibility index (Phi) is 6.92. The lowest BCUT2D eigenvalue weighted by atomic mass is 9.97. The molecule has 11 heteroatoms. The van der Waals surface area contributed by atoms with Crippen LogP contribution in [0.15, 0.2) is 77.9 Å². The molecule has 0 bridgehead atoms. The Bertz CT molecular complexity index is 1550. The molecule has 0 aliphatic heterocycles. The number of halogens is 4. The Hall–Kier alpha value is -3.63. The molecule has 6 nitrogen and oxygen atoms in total. The van der Waals surface area contributed by atoms with Gasteiger partial charge in [0.15, 0.2) is 0 Å². The van der Waals surface area contributed by atoms with Crippen LogP contribution in [0.1, 0.15) is 11.1 Å². The van der Waals surface area contributed by atoms with E-state index < -0.39 is 39.2 Å². The van der Waals surface area contributed by atoms with Gasteiger partial charge in [0.2, 0.25) is 10.0 Å². The smallest absolute Gasteiger partial charge is 0.271 e. The summed E-state index contributed by atoms with van der Waals surface area (Å²) >= 11 is 5.63. The molecule has 0 radical (unpaired) electrons. The molecule has 0 heterocycles. The Labute approximate surface area is 210 Å². The summed E-state index contributed by atoms with van der Waals surface area (Å²) in [6.07, 6.45) is -2.56. The predicted molar refractivity (Wildman–Crippen MR) is 136 cm³/mol. The second-order valence-corrected chi connectivity index (χ2v) is 10.3. The van der Waals surface area contributed by atoms with Gasteiger partial charge in [-0.3, -0.25) is 9.10 Å². The number of hydrazone groups is 1. The Morgan fingerprint density at radius 3 is 2.14 bits per heavy atom. The van der Waals surface area contributed by atoms with E-state index in [4.69, 9.17) is 11.6 Å². The van der Waals surface area contributed by atoms with E-state index in [-0.39, 0.29) is 5.69 Å². The molecule has 1 amide bonds. The first-order chi connectivity index (χ1) is 16.9. The molecular formula is C25H19ClF3N3O3S. The summed E-state index contributed by atoms with van der Waals surface area (Å²) < 4.78 is 64.9. The van der Waals surface area contributed by atoms with E-state index in [0.717, 1.165) is 45.5 Å². The number of sulfonamides is 1. The average molecular weight is 534 g/mol. The van der Waals surface area contributed by atoms with Gasteiger partial charge in [0, 0.05) is 5.56 Å². The summed E-state index contributed by atoms with van der Waals surface area (Å²) in [5, 5.41) is 7.14. The number of benzene rings is 4. The van der Waals surface area contributed by atoms with Gasteiger partial charge in [0.05, 0.1) is 28.7 Å². The third kappa shape index (κ3) is 5.44. The second kappa shape index (κ2) is 9.79. The highest BCUT2D eigenvalue weighted by molar-refractivity contribution is 7.92. The van der Waals surface area contributed by atoms with Crippen LogP contribution >= 0.6 is 11.6 Å². The van der Waals surface area contributed by atoms with E-state index in [9.17, 15) is 26.4 Å². The number of carbonyl (C=O) groups is 1. The Morgan fingerprint density at radius 2 is 1.58 bits per heavy atom. The van der Waals surface area contributed by atoms with Crippen molar-refractivity contribution in [2.24, 2.45) is 5.10 Å². The number of hydrogen-bond donors (Lipinski definition) is 1. The van der Waals surface area contributed by atoms with Crippen molar-refractivity contribution < 1.29 is 26.4 Å². The van der Waals surface area contributed by atoms with E-state index in [0.29, 0.717) is 10.4 Å². The van der Waals surface area contributed by atoms with E-state index >= 15 is 0 Å². The van der Waals surface area contributed by atoms with Gasteiger partial charge in [-0.15, -0.1) is 0 Å². The van der Waals surface area contributed by atoms with Crippen molar-refractivity contribution in [1.82, 2.24) is 5.43 Å². The van der Waals surface area contributed by atoms with Crippen molar-refractivity contribution in [3.63, 3.8) is 0 Å². The van der Waals surface area contributed by atoms with Gasteiger partial charge in [0.25, 0.3) is 5.91 Å². The van der Waals surface area contributed by atoms with E-state index in [1.165, 1.54) is 6.21 Å². The van der Waals surface area contributed by atoms with Gasteiger partial charge in [-0.2, -0.15) is 18.3 Å². The molecule has 186 valence electrons. The normalized spacial score (nSPS) is 12.4.